The number of sulfonamides is 1. The van der Waals surface area contributed by atoms with Crippen LogP contribution >= 0.6 is 15.9 Å². The molecule has 112 valence electrons. The Kier molecular flexibility index (Phi) is 6.01. The number of carbonyl (C=O) groups is 1. The Hall–Kier alpha value is -1.08. The van der Waals surface area contributed by atoms with E-state index in [4.69, 9.17) is 0 Å². The standard InChI is InChI=1S/C13H19BrN2O3S/c1-4-7-15-13(17)9-16(20(3,18)19)11-5-6-12(14)10(2)8-11/h5-6,8H,4,7,9H2,1-3H3,(H,15,17). The molecule has 1 rings (SSSR count). The molecule has 5 nitrogen and oxygen atoms in total. The Balaban J connectivity index is 3.01. The van der Waals surface area contributed by atoms with Gasteiger partial charge in [-0.25, -0.2) is 8.42 Å². The summed E-state index contributed by atoms with van der Waals surface area (Å²) >= 11 is 3.37. The van der Waals surface area contributed by atoms with Gasteiger partial charge < -0.3 is 5.32 Å². The lowest BCUT2D eigenvalue weighted by Gasteiger charge is -2.22. The second-order valence-electron chi connectivity index (χ2n) is 4.55. The minimum absolute atomic E-state index is 0.208. The number of rotatable bonds is 6. The fraction of sp³-hybridized carbons (Fsp3) is 0.462. The summed E-state index contributed by atoms with van der Waals surface area (Å²) in [5, 5.41) is 2.68. The fourth-order valence-electron chi connectivity index (χ4n) is 1.63. The van der Waals surface area contributed by atoms with Crippen molar-refractivity contribution in [2.75, 3.05) is 23.7 Å². The first-order chi connectivity index (χ1) is 9.25. The largest absolute Gasteiger partial charge is 0.355 e. The number of nitrogens with one attached hydrogen (secondary N) is 1. The molecule has 1 aromatic carbocycles. The zero-order valence-electron chi connectivity index (χ0n) is 11.8. The third kappa shape index (κ3) is 4.79. The predicted molar refractivity (Wildman–Crippen MR) is 84.4 cm³/mol. The van der Waals surface area contributed by atoms with Crippen LogP contribution in [0.25, 0.3) is 0 Å². The molecule has 0 heterocycles. The molecule has 0 saturated carbocycles. The van der Waals surface area contributed by atoms with Crippen LogP contribution in [0.15, 0.2) is 22.7 Å². The van der Waals surface area contributed by atoms with E-state index in [9.17, 15) is 13.2 Å². The topological polar surface area (TPSA) is 66.5 Å². The van der Waals surface area contributed by atoms with Crippen LogP contribution < -0.4 is 9.62 Å². The van der Waals surface area contributed by atoms with Gasteiger partial charge in [-0.15, -0.1) is 0 Å². The third-order valence-corrected chi connectivity index (χ3v) is 4.72. The van der Waals surface area contributed by atoms with Crippen LogP contribution in [-0.2, 0) is 14.8 Å². The lowest BCUT2D eigenvalue weighted by atomic mass is 10.2. The van der Waals surface area contributed by atoms with Gasteiger partial charge >= 0.3 is 0 Å². The van der Waals surface area contributed by atoms with E-state index < -0.39 is 10.0 Å². The first kappa shape index (κ1) is 17.0. The SMILES string of the molecule is CCCNC(=O)CN(c1ccc(Br)c(C)c1)S(C)(=O)=O. The average molecular weight is 363 g/mol. The number of hydrogen-bond acceptors (Lipinski definition) is 3. The molecule has 1 aromatic rings. The summed E-state index contributed by atoms with van der Waals surface area (Å²) in [5.74, 6) is -0.308. The molecule has 0 saturated heterocycles. The number of nitrogens with zero attached hydrogens (tertiary/aromatic N) is 1. The molecule has 0 unspecified atom stereocenters. The summed E-state index contributed by atoms with van der Waals surface area (Å²) in [4.78, 5) is 11.8. The molecule has 0 aromatic heterocycles. The summed E-state index contributed by atoms with van der Waals surface area (Å²) in [7, 11) is -3.51. The van der Waals surface area contributed by atoms with Gasteiger partial charge in [0.2, 0.25) is 15.9 Å². The van der Waals surface area contributed by atoms with Gasteiger partial charge in [0.15, 0.2) is 0 Å². The monoisotopic (exact) mass is 362 g/mol. The van der Waals surface area contributed by atoms with Crippen LogP contribution in [0, 0.1) is 6.92 Å². The highest BCUT2D eigenvalue weighted by atomic mass is 79.9. The van der Waals surface area contributed by atoms with E-state index in [0.717, 1.165) is 27.0 Å². The maximum Gasteiger partial charge on any atom is 0.240 e. The highest BCUT2D eigenvalue weighted by Crippen LogP contribution is 2.24. The molecule has 0 fully saturated rings. The Bertz CT molecular complexity index is 587. The minimum Gasteiger partial charge on any atom is -0.355 e. The third-order valence-electron chi connectivity index (χ3n) is 2.69. The molecule has 20 heavy (non-hydrogen) atoms. The molecule has 0 spiro atoms. The smallest absolute Gasteiger partial charge is 0.240 e. The zero-order chi connectivity index (χ0) is 15.3. The van der Waals surface area contributed by atoms with Crippen LogP contribution in [0.2, 0.25) is 0 Å². The molecule has 1 amide bonds. The number of carbonyl (C=O) groups excluding carboxylic acids is 1. The molecule has 0 aliphatic carbocycles. The van der Waals surface area contributed by atoms with Crippen molar-refractivity contribution in [3.63, 3.8) is 0 Å². The number of benzene rings is 1. The zero-order valence-corrected chi connectivity index (χ0v) is 14.2. The van der Waals surface area contributed by atoms with E-state index in [1.54, 1.807) is 18.2 Å². The molecule has 0 atom stereocenters. The molecule has 7 heteroatoms. The van der Waals surface area contributed by atoms with Gasteiger partial charge in [0.25, 0.3) is 0 Å². The number of aryl methyl sites for hydroxylation is 1. The van der Waals surface area contributed by atoms with E-state index in [2.05, 4.69) is 21.2 Å². The van der Waals surface area contributed by atoms with Gasteiger partial charge in [-0.2, -0.15) is 0 Å². The Labute approximate surface area is 128 Å². The molecule has 0 aliphatic rings. The Morgan fingerprint density at radius 2 is 2.05 bits per heavy atom. The summed E-state index contributed by atoms with van der Waals surface area (Å²) in [5.41, 5.74) is 1.39. The number of hydrogen-bond donors (Lipinski definition) is 1. The van der Waals surface area contributed by atoms with E-state index in [-0.39, 0.29) is 12.5 Å². The second-order valence-corrected chi connectivity index (χ2v) is 7.31. The van der Waals surface area contributed by atoms with Crippen molar-refractivity contribution in [1.29, 1.82) is 0 Å². The first-order valence-electron chi connectivity index (χ1n) is 6.26. The van der Waals surface area contributed by atoms with Crippen LogP contribution in [0.5, 0.6) is 0 Å². The Morgan fingerprint density at radius 1 is 1.40 bits per heavy atom. The van der Waals surface area contributed by atoms with Crippen molar-refractivity contribution in [3.05, 3.63) is 28.2 Å². The van der Waals surface area contributed by atoms with Crippen molar-refractivity contribution < 1.29 is 13.2 Å². The summed E-state index contributed by atoms with van der Waals surface area (Å²) < 4.78 is 25.7. The van der Waals surface area contributed by atoms with Crippen molar-refractivity contribution in [3.8, 4) is 0 Å². The molecule has 1 N–H and O–H groups in total. The van der Waals surface area contributed by atoms with Gasteiger partial charge in [-0.1, -0.05) is 22.9 Å². The quantitative estimate of drug-likeness (QED) is 0.841. The summed E-state index contributed by atoms with van der Waals surface area (Å²) in [6, 6.07) is 5.18. The van der Waals surface area contributed by atoms with Crippen LogP contribution in [-0.4, -0.2) is 33.7 Å². The van der Waals surface area contributed by atoms with E-state index >= 15 is 0 Å². The summed E-state index contributed by atoms with van der Waals surface area (Å²) in [6.07, 6.45) is 1.90. The highest BCUT2D eigenvalue weighted by molar-refractivity contribution is 9.10. The minimum atomic E-state index is -3.51. The van der Waals surface area contributed by atoms with Gasteiger partial charge in [-0.05, 0) is 37.1 Å². The van der Waals surface area contributed by atoms with E-state index in [1.165, 1.54) is 0 Å². The van der Waals surface area contributed by atoms with Crippen molar-refractivity contribution in [1.82, 2.24) is 5.32 Å². The second kappa shape index (κ2) is 7.08. The lowest BCUT2D eigenvalue weighted by Crippen LogP contribution is -2.40. The highest BCUT2D eigenvalue weighted by Gasteiger charge is 2.20. The lowest BCUT2D eigenvalue weighted by molar-refractivity contribution is -0.119. The van der Waals surface area contributed by atoms with Gasteiger partial charge in [-0.3, -0.25) is 9.10 Å². The van der Waals surface area contributed by atoms with Crippen molar-refractivity contribution in [2.24, 2.45) is 0 Å². The molecular weight excluding hydrogens is 344 g/mol. The number of halogens is 1. The average Bonchev–Trinajstić information content (AvgIpc) is 2.35. The predicted octanol–water partition coefficient (Wildman–Crippen LogP) is 2.05. The molecule has 0 radical (unpaired) electrons. The summed E-state index contributed by atoms with van der Waals surface area (Å²) in [6.45, 7) is 4.13. The van der Waals surface area contributed by atoms with Gasteiger partial charge in [0, 0.05) is 11.0 Å². The van der Waals surface area contributed by atoms with Gasteiger partial charge in [0.1, 0.15) is 6.54 Å². The maximum absolute atomic E-state index is 11.9. The number of anilines is 1. The van der Waals surface area contributed by atoms with Crippen molar-refractivity contribution >= 4 is 37.5 Å². The van der Waals surface area contributed by atoms with E-state index in [0.29, 0.717) is 12.2 Å². The normalized spacial score (nSPS) is 11.2. The molecular formula is C13H19BrN2O3S. The van der Waals surface area contributed by atoms with Crippen LogP contribution in [0.1, 0.15) is 18.9 Å². The van der Waals surface area contributed by atoms with Crippen LogP contribution in [0.3, 0.4) is 0 Å². The van der Waals surface area contributed by atoms with E-state index in [1.807, 2.05) is 13.8 Å². The number of amides is 1. The van der Waals surface area contributed by atoms with Crippen LogP contribution in [0.4, 0.5) is 5.69 Å². The Morgan fingerprint density at radius 3 is 2.55 bits per heavy atom. The van der Waals surface area contributed by atoms with Gasteiger partial charge in [0.05, 0.1) is 11.9 Å². The first-order valence-corrected chi connectivity index (χ1v) is 8.90. The molecule has 0 bridgehead atoms. The molecule has 0 aliphatic heterocycles. The maximum atomic E-state index is 11.9. The van der Waals surface area contributed by atoms with Crippen molar-refractivity contribution in [2.45, 2.75) is 20.3 Å². The fourth-order valence-corrected chi connectivity index (χ4v) is 2.73.